The van der Waals surface area contributed by atoms with Crippen LogP contribution >= 0.6 is 11.3 Å². The molecule has 0 saturated heterocycles. The van der Waals surface area contributed by atoms with Crippen LogP contribution in [-0.4, -0.2) is 15.0 Å². The number of hydrogen-bond acceptors (Lipinski definition) is 5. The van der Waals surface area contributed by atoms with Crippen LogP contribution in [0.4, 0.5) is 0 Å². The molecule has 262 valence electrons. The van der Waals surface area contributed by atoms with Crippen LogP contribution in [0.3, 0.4) is 0 Å². The molecule has 0 aliphatic carbocycles. The molecule has 4 aromatic heterocycles. The first kappa shape index (κ1) is 32.2. The second kappa shape index (κ2) is 13.3. The minimum atomic E-state index is 0.671. The third-order valence-electron chi connectivity index (χ3n) is 10.6. The van der Waals surface area contributed by atoms with Crippen LogP contribution in [0.25, 0.3) is 109 Å². The van der Waals surface area contributed by atoms with Crippen LogP contribution in [0.2, 0.25) is 0 Å². The van der Waals surface area contributed by atoms with Crippen LogP contribution in [0, 0.1) is 0 Å². The number of thiophene rings is 1. The normalized spacial score (nSPS) is 11.6. The number of pyridine rings is 1. The second-order valence-corrected chi connectivity index (χ2v) is 15.0. The van der Waals surface area contributed by atoms with E-state index in [2.05, 4.69) is 151 Å². The lowest BCUT2D eigenvalue weighted by Gasteiger charge is -2.12. The molecule has 5 heteroatoms. The highest BCUT2D eigenvalue weighted by atomic mass is 32.1. The maximum atomic E-state index is 6.74. The summed E-state index contributed by atoms with van der Waals surface area (Å²) < 4.78 is 9.32. The highest BCUT2D eigenvalue weighted by molar-refractivity contribution is 7.26. The Morgan fingerprint density at radius 2 is 1.09 bits per heavy atom. The molecule has 0 fully saturated rings. The summed E-state index contributed by atoms with van der Waals surface area (Å²) in [5, 5.41) is 4.83. The van der Waals surface area contributed by atoms with Crippen molar-refractivity contribution < 1.29 is 4.42 Å². The maximum Gasteiger partial charge on any atom is 0.160 e. The molecular formula is C51H31N3OS. The predicted molar refractivity (Wildman–Crippen MR) is 233 cm³/mol. The molecule has 11 aromatic rings. The summed E-state index contributed by atoms with van der Waals surface area (Å²) in [5.74, 6) is 0.671. The molecule has 7 aromatic carbocycles. The van der Waals surface area contributed by atoms with Gasteiger partial charge in [-0.05, 0) is 53.1 Å². The Labute approximate surface area is 327 Å². The Hall–Kier alpha value is -7.21. The van der Waals surface area contributed by atoms with E-state index in [0.29, 0.717) is 5.82 Å². The average Bonchev–Trinajstić information content (AvgIpc) is 3.86. The van der Waals surface area contributed by atoms with Crippen molar-refractivity contribution in [3.8, 4) is 67.3 Å². The van der Waals surface area contributed by atoms with E-state index in [1.807, 2.05) is 47.9 Å². The van der Waals surface area contributed by atoms with Crippen LogP contribution in [-0.2, 0) is 0 Å². The second-order valence-electron chi connectivity index (χ2n) is 14.0. The maximum absolute atomic E-state index is 6.74. The SMILES string of the molecule is c1ccc(-c2cc(-c3ccc(-c4ccc(-c5cccc6c5sc5ccccc56)c5c4oc4ccccc45)cc3)nc(-c3cccc(-c4cccnc4)c3)n2)cc1. The van der Waals surface area contributed by atoms with Gasteiger partial charge >= 0.3 is 0 Å². The third-order valence-corrected chi connectivity index (χ3v) is 11.8. The largest absolute Gasteiger partial charge is 0.455 e. The first-order chi connectivity index (χ1) is 27.7. The zero-order valence-corrected chi connectivity index (χ0v) is 30.9. The Morgan fingerprint density at radius 3 is 1.93 bits per heavy atom. The van der Waals surface area contributed by atoms with Gasteiger partial charge in [-0.25, -0.2) is 9.97 Å². The fraction of sp³-hybridized carbons (Fsp3) is 0. The van der Waals surface area contributed by atoms with Gasteiger partial charge in [-0.3, -0.25) is 4.98 Å². The number of hydrogen-bond donors (Lipinski definition) is 0. The Bertz CT molecular complexity index is 3240. The van der Waals surface area contributed by atoms with Crippen molar-refractivity contribution in [2.45, 2.75) is 0 Å². The molecule has 0 aliphatic rings. The molecular weight excluding hydrogens is 703 g/mol. The van der Waals surface area contributed by atoms with Gasteiger partial charge < -0.3 is 4.42 Å². The van der Waals surface area contributed by atoms with Crippen LogP contribution < -0.4 is 0 Å². The van der Waals surface area contributed by atoms with Crippen molar-refractivity contribution >= 4 is 53.4 Å². The van der Waals surface area contributed by atoms with E-state index in [1.165, 1.54) is 31.3 Å². The van der Waals surface area contributed by atoms with Crippen LogP contribution in [0.1, 0.15) is 0 Å². The van der Waals surface area contributed by atoms with E-state index < -0.39 is 0 Å². The summed E-state index contributed by atoms with van der Waals surface area (Å²) >= 11 is 1.85. The van der Waals surface area contributed by atoms with Gasteiger partial charge in [0.25, 0.3) is 0 Å². The molecule has 0 unspecified atom stereocenters. The quantitative estimate of drug-likeness (QED) is 0.171. The van der Waals surface area contributed by atoms with Gasteiger partial charge in [0, 0.05) is 76.7 Å². The minimum absolute atomic E-state index is 0.671. The molecule has 0 amide bonds. The van der Waals surface area contributed by atoms with E-state index in [9.17, 15) is 0 Å². The first-order valence-electron chi connectivity index (χ1n) is 18.7. The van der Waals surface area contributed by atoms with Gasteiger partial charge in [-0.2, -0.15) is 0 Å². The van der Waals surface area contributed by atoms with Gasteiger partial charge in [0.1, 0.15) is 11.2 Å². The van der Waals surface area contributed by atoms with Gasteiger partial charge in [-0.15, -0.1) is 11.3 Å². The molecule has 56 heavy (non-hydrogen) atoms. The zero-order valence-electron chi connectivity index (χ0n) is 30.1. The van der Waals surface area contributed by atoms with Gasteiger partial charge in [0.15, 0.2) is 5.82 Å². The monoisotopic (exact) mass is 733 g/mol. The highest BCUT2D eigenvalue weighted by Crippen LogP contribution is 2.46. The highest BCUT2D eigenvalue weighted by Gasteiger charge is 2.20. The van der Waals surface area contributed by atoms with Crippen molar-refractivity contribution in [3.05, 3.63) is 188 Å². The number of para-hydroxylation sites is 1. The smallest absolute Gasteiger partial charge is 0.160 e. The average molecular weight is 734 g/mol. The fourth-order valence-corrected chi connectivity index (χ4v) is 9.14. The minimum Gasteiger partial charge on any atom is -0.455 e. The zero-order chi connectivity index (χ0) is 37.0. The molecule has 4 nitrogen and oxygen atoms in total. The lowest BCUT2D eigenvalue weighted by molar-refractivity contribution is 0.670. The molecule has 0 radical (unpaired) electrons. The molecule has 0 aliphatic heterocycles. The van der Waals surface area contributed by atoms with E-state index >= 15 is 0 Å². The Balaban J connectivity index is 1.03. The number of furan rings is 1. The third kappa shape index (κ3) is 5.48. The predicted octanol–water partition coefficient (Wildman–Crippen LogP) is 14.1. The van der Waals surface area contributed by atoms with Crippen molar-refractivity contribution in [2.75, 3.05) is 0 Å². The van der Waals surface area contributed by atoms with Crippen molar-refractivity contribution in [1.29, 1.82) is 0 Å². The summed E-state index contributed by atoms with van der Waals surface area (Å²) in [7, 11) is 0. The molecule has 0 spiro atoms. The van der Waals surface area contributed by atoms with Crippen molar-refractivity contribution in [3.63, 3.8) is 0 Å². The standard InChI is InChI=1S/C51H31N3OS/c1-2-11-33(12-3-1)44-30-45(54-51(53-44)36-14-8-13-35(29-36)37-15-10-28-52-31-37)34-24-22-32(23-25-34)38-26-27-40(48-43-17-4-6-20-46(43)55-49(38)48)42-19-9-18-41-39-16-5-7-21-47(39)56-50(41)42/h1-31H. The topological polar surface area (TPSA) is 51.8 Å². The number of fused-ring (bicyclic) bond motifs is 6. The van der Waals surface area contributed by atoms with Gasteiger partial charge in [0.2, 0.25) is 0 Å². The summed E-state index contributed by atoms with van der Waals surface area (Å²) in [4.78, 5) is 14.6. The van der Waals surface area contributed by atoms with Crippen LogP contribution in [0.5, 0.6) is 0 Å². The number of benzene rings is 7. The summed E-state index contributed by atoms with van der Waals surface area (Å²) in [6, 6.07) is 61.6. The number of rotatable bonds is 6. The Kier molecular flexibility index (Phi) is 7.64. The first-order valence-corrected chi connectivity index (χ1v) is 19.5. The van der Waals surface area contributed by atoms with E-state index in [4.69, 9.17) is 14.4 Å². The lowest BCUT2D eigenvalue weighted by Crippen LogP contribution is -1.96. The number of nitrogens with zero attached hydrogens (tertiary/aromatic N) is 3. The molecule has 0 saturated carbocycles. The summed E-state index contributed by atoms with van der Waals surface area (Å²) in [5.41, 5.74) is 13.1. The van der Waals surface area contributed by atoms with E-state index in [1.54, 1.807) is 6.20 Å². The number of aromatic nitrogens is 3. The molecule has 0 N–H and O–H groups in total. The molecule has 11 rings (SSSR count). The summed E-state index contributed by atoms with van der Waals surface area (Å²) in [6.45, 7) is 0. The lowest BCUT2D eigenvalue weighted by atomic mass is 9.93. The fourth-order valence-electron chi connectivity index (χ4n) is 7.91. The molecule has 0 atom stereocenters. The van der Waals surface area contributed by atoms with Crippen LogP contribution in [0.15, 0.2) is 193 Å². The van der Waals surface area contributed by atoms with Gasteiger partial charge in [-0.1, -0.05) is 140 Å². The Morgan fingerprint density at radius 1 is 0.429 bits per heavy atom. The van der Waals surface area contributed by atoms with E-state index in [0.717, 1.165) is 72.3 Å². The van der Waals surface area contributed by atoms with Crippen molar-refractivity contribution in [1.82, 2.24) is 15.0 Å². The summed E-state index contributed by atoms with van der Waals surface area (Å²) in [6.07, 6.45) is 3.67. The molecule has 4 heterocycles. The van der Waals surface area contributed by atoms with Gasteiger partial charge in [0.05, 0.1) is 11.4 Å². The van der Waals surface area contributed by atoms with Crippen molar-refractivity contribution in [2.24, 2.45) is 0 Å². The van der Waals surface area contributed by atoms with E-state index in [-0.39, 0.29) is 0 Å². The molecule has 0 bridgehead atoms.